The highest BCUT2D eigenvalue weighted by atomic mass is 35.5. The maximum atomic E-state index is 13.6. The lowest BCUT2D eigenvalue weighted by molar-refractivity contribution is 0.103. The highest BCUT2D eigenvalue weighted by molar-refractivity contribution is 6.42. The van der Waals surface area contributed by atoms with Crippen LogP contribution in [0.5, 0.6) is 0 Å². The predicted molar refractivity (Wildman–Crippen MR) is 71.0 cm³/mol. The Hall–Kier alpha value is -1.45. The summed E-state index contributed by atoms with van der Waals surface area (Å²) in [4.78, 5) is 12.1. The monoisotopic (exact) mass is 300 g/mol. The van der Waals surface area contributed by atoms with Crippen LogP contribution in [0.1, 0.15) is 21.5 Å². The molecule has 0 radical (unpaired) electrons. The second-order valence-electron chi connectivity index (χ2n) is 4.04. The first kappa shape index (κ1) is 14.0. The molecule has 0 aromatic heterocycles. The maximum absolute atomic E-state index is 13.6. The van der Waals surface area contributed by atoms with Crippen LogP contribution in [0.3, 0.4) is 0 Å². The lowest BCUT2D eigenvalue weighted by atomic mass is 10.0. The number of hydrogen-bond acceptors (Lipinski definition) is 1. The van der Waals surface area contributed by atoms with Crippen LogP contribution in [-0.2, 0) is 0 Å². The van der Waals surface area contributed by atoms with Gasteiger partial charge in [-0.3, -0.25) is 4.79 Å². The van der Waals surface area contributed by atoms with Crippen molar-refractivity contribution in [2.24, 2.45) is 0 Å². The van der Waals surface area contributed by atoms with Gasteiger partial charge in [0.1, 0.15) is 11.6 Å². The van der Waals surface area contributed by atoms with E-state index in [4.69, 9.17) is 23.2 Å². The molecule has 0 saturated carbocycles. The first-order chi connectivity index (χ1) is 8.90. The first-order valence-electron chi connectivity index (χ1n) is 5.35. The Morgan fingerprint density at radius 1 is 1.00 bits per heavy atom. The fraction of sp³-hybridized carbons (Fsp3) is 0.0714. The van der Waals surface area contributed by atoms with E-state index < -0.39 is 17.4 Å². The van der Waals surface area contributed by atoms with Crippen molar-refractivity contribution >= 4 is 29.0 Å². The van der Waals surface area contributed by atoms with Gasteiger partial charge < -0.3 is 0 Å². The van der Waals surface area contributed by atoms with E-state index in [9.17, 15) is 13.6 Å². The Morgan fingerprint density at radius 2 is 1.68 bits per heavy atom. The molecular weight excluding hydrogens is 293 g/mol. The van der Waals surface area contributed by atoms with Crippen LogP contribution in [-0.4, -0.2) is 5.78 Å². The molecule has 5 heteroatoms. The number of carbonyl (C=O) groups excluding carboxylic acids is 1. The van der Waals surface area contributed by atoms with Crippen LogP contribution in [0.25, 0.3) is 0 Å². The van der Waals surface area contributed by atoms with E-state index in [2.05, 4.69) is 0 Å². The van der Waals surface area contributed by atoms with Gasteiger partial charge in [-0.05, 0) is 36.8 Å². The van der Waals surface area contributed by atoms with Crippen LogP contribution in [0, 0.1) is 18.6 Å². The molecule has 1 nitrogen and oxygen atoms in total. The number of rotatable bonds is 2. The Bertz CT molecular complexity index is 669. The number of ketones is 1. The summed E-state index contributed by atoms with van der Waals surface area (Å²) in [6, 6.07) is 6.11. The standard InChI is InChI=1S/C14H8Cl2F2O/c1-7-4-9(13(18)6-12(7)17)14(19)8-2-3-10(15)11(16)5-8/h2-6H,1H3. The minimum Gasteiger partial charge on any atom is -0.288 e. The van der Waals surface area contributed by atoms with Gasteiger partial charge in [0.15, 0.2) is 5.78 Å². The van der Waals surface area contributed by atoms with Crippen molar-refractivity contribution in [3.8, 4) is 0 Å². The third-order valence-electron chi connectivity index (χ3n) is 2.67. The summed E-state index contributed by atoms with van der Waals surface area (Å²) < 4.78 is 26.8. The van der Waals surface area contributed by atoms with Gasteiger partial charge in [0.05, 0.1) is 15.6 Å². The Kier molecular flexibility index (Phi) is 3.88. The molecule has 0 aliphatic carbocycles. The van der Waals surface area contributed by atoms with Crippen molar-refractivity contribution in [3.05, 3.63) is 68.7 Å². The fourth-order valence-corrected chi connectivity index (χ4v) is 1.92. The molecule has 0 spiro atoms. The molecule has 2 rings (SSSR count). The zero-order chi connectivity index (χ0) is 14.2. The SMILES string of the molecule is Cc1cc(C(=O)c2ccc(Cl)c(Cl)c2)c(F)cc1F. The van der Waals surface area contributed by atoms with Crippen molar-refractivity contribution in [1.82, 2.24) is 0 Å². The van der Waals surface area contributed by atoms with Gasteiger partial charge in [0.2, 0.25) is 0 Å². The van der Waals surface area contributed by atoms with Crippen LogP contribution < -0.4 is 0 Å². The van der Waals surface area contributed by atoms with Crippen LogP contribution in [0.4, 0.5) is 8.78 Å². The molecule has 19 heavy (non-hydrogen) atoms. The van der Waals surface area contributed by atoms with E-state index in [0.29, 0.717) is 11.1 Å². The topological polar surface area (TPSA) is 17.1 Å². The van der Waals surface area contributed by atoms with E-state index in [-0.39, 0.29) is 21.7 Å². The Balaban J connectivity index is 2.49. The highest BCUT2D eigenvalue weighted by Gasteiger charge is 2.17. The van der Waals surface area contributed by atoms with Gasteiger partial charge in [-0.1, -0.05) is 23.2 Å². The van der Waals surface area contributed by atoms with Gasteiger partial charge in [-0.25, -0.2) is 8.78 Å². The van der Waals surface area contributed by atoms with E-state index in [1.807, 2.05) is 0 Å². The summed E-state index contributed by atoms with van der Waals surface area (Å²) in [5.74, 6) is -2.17. The highest BCUT2D eigenvalue weighted by Crippen LogP contribution is 2.25. The van der Waals surface area contributed by atoms with E-state index in [1.165, 1.54) is 31.2 Å². The fourth-order valence-electron chi connectivity index (χ4n) is 1.62. The molecule has 0 saturated heterocycles. The quantitative estimate of drug-likeness (QED) is 0.727. The summed E-state index contributed by atoms with van der Waals surface area (Å²) in [6.45, 7) is 1.46. The van der Waals surface area contributed by atoms with E-state index in [0.717, 1.165) is 0 Å². The van der Waals surface area contributed by atoms with Crippen molar-refractivity contribution in [1.29, 1.82) is 0 Å². The lowest BCUT2D eigenvalue weighted by Crippen LogP contribution is -2.06. The largest absolute Gasteiger partial charge is 0.288 e. The predicted octanol–water partition coefficient (Wildman–Crippen LogP) is 4.81. The number of hydrogen-bond donors (Lipinski definition) is 0. The Morgan fingerprint density at radius 3 is 2.32 bits per heavy atom. The number of benzene rings is 2. The summed E-state index contributed by atoms with van der Waals surface area (Å²) in [7, 11) is 0. The van der Waals surface area contributed by atoms with Crippen LogP contribution in [0.2, 0.25) is 10.0 Å². The van der Waals surface area contributed by atoms with Crippen molar-refractivity contribution in [3.63, 3.8) is 0 Å². The average Bonchev–Trinajstić information content (AvgIpc) is 2.36. The lowest BCUT2D eigenvalue weighted by Gasteiger charge is -2.06. The van der Waals surface area contributed by atoms with Crippen LogP contribution in [0.15, 0.2) is 30.3 Å². The van der Waals surface area contributed by atoms with E-state index >= 15 is 0 Å². The van der Waals surface area contributed by atoms with Gasteiger partial charge in [-0.15, -0.1) is 0 Å². The van der Waals surface area contributed by atoms with Crippen molar-refractivity contribution < 1.29 is 13.6 Å². The minimum atomic E-state index is -0.904. The third-order valence-corrected chi connectivity index (χ3v) is 3.41. The summed E-state index contributed by atoms with van der Waals surface area (Å²) in [5.41, 5.74) is 0.196. The molecule has 0 heterocycles. The van der Waals surface area contributed by atoms with Gasteiger partial charge >= 0.3 is 0 Å². The number of aryl methyl sites for hydroxylation is 1. The molecule has 0 amide bonds. The zero-order valence-corrected chi connectivity index (χ0v) is 11.3. The second-order valence-corrected chi connectivity index (χ2v) is 4.85. The van der Waals surface area contributed by atoms with Crippen LogP contribution >= 0.6 is 23.2 Å². The summed E-state index contributed by atoms with van der Waals surface area (Å²) in [6.07, 6.45) is 0. The van der Waals surface area contributed by atoms with Gasteiger partial charge in [0.25, 0.3) is 0 Å². The molecule has 0 aliphatic heterocycles. The molecular formula is C14H8Cl2F2O. The normalized spacial score (nSPS) is 10.6. The van der Waals surface area contributed by atoms with Gasteiger partial charge in [-0.2, -0.15) is 0 Å². The Labute approximate surface area is 118 Å². The zero-order valence-electron chi connectivity index (χ0n) is 9.81. The smallest absolute Gasteiger partial charge is 0.196 e. The molecule has 0 N–H and O–H groups in total. The maximum Gasteiger partial charge on any atom is 0.196 e. The number of halogens is 4. The molecule has 0 fully saturated rings. The minimum absolute atomic E-state index is 0.194. The molecule has 98 valence electrons. The molecule has 0 atom stereocenters. The number of carbonyl (C=O) groups is 1. The molecule has 2 aromatic rings. The van der Waals surface area contributed by atoms with Crippen molar-refractivity contribution in [2.45, 2.75) is 6.92 Å². The molecule has 2 aromatic carbocycles. The molecule has 0 bridgehead atoms. The first-order valence-corrected chi connectivity index (χ1v) is 6.11. The molecule has 0 aliphatic rings. The third kappa shape index (κ3) is 2.77. The summed E-state index contributed by atoms with van der Waals surface area (Å²) in [5, 5.41) is 0.501. The van der Waals surface area contributed by atoms with Crippen molar-refractivity contribution in [2.75, 3.05) is 0 Å². The molecule has 0 unspecified atom stereocenters. The average molecular weight is 301 g/mol. The van der Waals surface area contributed by atoms with E-state index in [1.54, 1.807) is 0 Å². The van der Waals surface area contributed by atoms with Gasteiger partial charge in [0, 0.05) is 11.6 Å². The second kappa shape index (κ2) is 5.27. The summed E-state index contributed by atoms with van der Waals surface area (Å²) >= 11 is 11.5.